The second kappa shape index (κ2) is 11.2. The van der Waals surface area contributed by atoms with Gasteiger partial charge in [-0.15, -0.1) is 0 Å². The molecule has 8 heteroatoms. The molecule has 2 aromatic heterocycles. The van der Waals surface area contributed by atoms with Gasteiger partial charge in [0.15, 0.2) is 0 Å². The average molecular weight is 520 g/mol. The summed E-state index contributed by atoms with van der Waals surface area (Å²) in [4.78, 5) is 24.6. The van der Waals surface area contributed by atoms with Crippen molar-refractivity contribution in [3.05, 3.63) is 108 Å². The molecule has 0 radical (unpaired) electrons. The van der Waals surface area contributed by atoms with Gasteiger partial charge in [-0.05, 0) is 55.6 Å². The number of hydrogen-bond donors (Lipinski definition) is 3. The lowest BCUT2D eigenvalue weighted by molar-refractivity contribution is 0.102. The third-order valence-corrected chi connectivity index (χ3v) is 7.53. The monoisotopic (exact) mass is 519 g/mol. The Hall–Kier alpha value is -4.27. The third-order valence-electron chi connectivity index (χ3n) is 7.53. The molecule has 1 amide bonds. The molecule has 2 aliphatic heterocycles. The molecule has 2 unspecified atom stereocenters. The van der Waals surface area contributed by atoms with Gasteiger partial charge in [-0.2, -0.15) is 0 Å². The van der Waals surface area contributed by atoms with E-state index in [4.69, 9.17) is 10.7 Å². The van der Waals surface area contributed by atoms with Gasteiger partial charge in [0.05, 0.1) is 11.4 Å². The van der Waals surface area contributed by atoms with Crippen LogP contribution < -0.4 is 16.4 Å². The number of rotatable bonds is 7. The molecule has 4 aromatic rings. The minimum atomic E-state index is -0.365. The van der Waals surface area contributed by atoms with E-state index in [-0.39, 0.29) is 12.1 Å². The summed E-state index contributed by atoms with van der Waals surface area (Å²) in [6, 6.07) is 23.6. The first-order valence-electron chi connectivity index (χ1n) is 13.5. The van der Waals surface area contributed by atoms with Gasteiger partial charge >= 0.3 is 0 Å². The number of piperidine rings is 1. The number of hydrogen-bond acceptors (Lipinski definition) is 6. The van der Waals surface area contributed by atoms with E-state index in [0.29, 0.717) is 17.3 Å². The van der Waals surface area contributed by atoms with Crippen molar-refractivity contribution < 1.29 is 4.79 Å². The Morgan fingerprint density at radius 3 is 2.67 bits per heavy atom. The van der Waals surface area contributed by atoms with Gasteiger partial charge < -0.3 is 25.8 Å². The predicted molar refractivity (Wildman–Crippen MR) is 154 cm³/mol. The topological polar surface area (TPSA) is 101 Å². The molecule has 198 valence electrons. The van der Waals surface area contributed by atoms with Crippen molar-refractivity contribution in [1.82, 2.24) is 24.8 Å². The molecule has 4 heterocycles. The number of imidazole rings is 1. The van der Waals surface area contributed by atoms with Crippen molar-refractivity contribution in [3.8, 4) is 11.3 Å². The van der Waals surface area contributed by atoms with Crippen LogP contribution in [0.15, 0.2) is 85.2 Å². The van der Waals surface area contributed by atoms with Crippen LogP contribution in [0.4, 0.5) is 5.82 Å². The van der Waals surface area contributed by atoms with E-state index in [2.05, 4.69) is 55.4 Å². The van der Waals surface area contributed by atoms with E-state index in [9.17, 15) is 4.79 Å². The molecule has 1 fully saturated rings. The number of benzene rings is 2. The number of fused-ring (bicyclic) bond motifs is 1. The SMILES string of the molecule is NC1NC=Cn2c(C3CCCN(CCc4ccccc4)C3)nc(-c3ccc(C(=O)Nc4ccccn4)cc3)c21. The van der Waals surface area contributed by atoms with E-state index >= 15 is 0 Å². The number of carbonyl (C=O) groups excluding carboxylic acids is 1. The average Bonchev–Trinajstić information content (AvgIpc) is 3.38. The second-order valence-corrected chi connectivity index (χ2v) is 10.2. The van der Waals surface area contributed by atoms with Crippen molar-refractivity contribution in [3.63, 3.8) is 0 Å². The molecule has 2 atom stereocenters. The Kier molecular flexibility index (Phi) is 7.21. The van der Waals surface area contributed by atoms with Gasteiger partial charge in [-0.1, -0.05) is 48.5 Å². The summed E-state index contributed by atoms with van der Waals surface area (Å²) in [5.74, 6) is 1.69. The number of pyridine rings is 1. The first kappa shape index (κ1) is 25.0. The molecule has 2 aromatic carbocycles. The largest absolute Gasteiger partial charge is 0.370 e. The van der Waals surface area contributed by atoms with Crippen molar-refractivity contribution in [2.45, 2.75) is 31.3 Å². The fraction of sp³-hybridized carbons (Fsp3) is 0.258. The highest BCUT2D eigenvalue weighted by Crippen LogP contribution is 2.35. The van der Waals surface area contributed by atoms with Crippen LogP contribution in [-0.4, -0.2) is 45.0 Å². The van der Waals surface area contributed by atoms with Crippen molar-refractivity contribution in [1.29, 1.82) is 0 Å². The number of nitrogens with zero attached hydrogens (tertiary/aromatic N) is 4. The van der Waals surface area contributed by atoms with Gasteiger partial charge in [0.25, 0.3) is 5.91 Å². The van der Waals surface area contributed by atoms with Crippen LogP contribution >= 0.6 is 0 Å². The summed E-state index contributed by atoms with van der Waals surface area (Å²) < 4.78 is 2.17. The molecule has 0 bridgehead atoms. The van der Waals surface area contributed by atoms with Crippen LogP contribution in [0, 0.1) is 0 Å². The molecule has 6 rings (SSSR count). The van der Waals surface area contributed by atoms with Crippen LogP contribution in [0.2, 0.25) is 0 Å². The molecule has 1 saturated heterocycles. The number of aromatic nitrogens is 3. The Labute approximate surface area is 228 Å². The summed E-state index contributed by atoms with van der Waals surface area (Å²) >= 11 is 0. The first-order chi connectivity index (χ1) is 19.2. The predicted octanol–water partition coefficient (Wildman–Crippen LogP) is 4.61. The maximum absolute atomic E-state index is 12.7. The normalized spacial score (nSPS) is 18.8. The Bertz CT molecular complexity index is 1450. The van der Waals surface area contributed by atoms with Gasteiger partial charge in [-0.25, -0.2) is 9.97 Å². The van der Waals surface area contributed by atoms with Crippen LogP contribution in [0.1, 0.15) is 52.4 Å². The summed E-state index contributed by atoms with van der Waals surface area (Å²) in [5, 5.41) is 6.06. The maximum atomic E-state index is 12.7. The Morgan fingerprint density at radius 2 is 1.87 bits per heavy atom. The Morgan fingerprint density at radius 1 is 1.05 bits per heavy atom. The van der Waals surface area contributed by atoms with Crippen molar-refractivity contribution in [2.24, 2.45) is 5.73 Å². The summed E-state index contributed by atoms with van der Waals surface area (Å²) in [7, 11) is 0. The zero-order valence-corrected chi connectivity index (χ0v) is 21.8. The summed E-state index contributed by atoms with van der Waals surface area (Å²) in [5.41, 5.74) is 11.2. The van der Waals surface area contributed by atoms with Gasteiger partial charge in [-0.3, -0.25) is 4.79 Å². The van der Waals surface area contributed by atoms with Crippen LogP contribution in [0.3, 0.4) is 0 Å². The van der Waals surface area contributed by atoms with Gasteiger partial charge in [0.2, 0.25) is 0 Å². The molecule has 0 aliphatic carbocycles. The molecule has 8 nitrogen and oxygen atoms in total. The maximum Gasteiger partial charge on any atom is 0.256 e. The standard InChI is InChI=1S/C31H33N7O/c32-29-28-27(23-11-13-24(14-12-23)31(39)35-26-10-4-5-16-33-26)36-30(38(28)20-17-34-29)25-9-6-18-37(21-25)19-15-22-7-2-1-3-8-22/h1-5,7-8,10-14,16-17,20,25,29,34H,6,9,15,18-19,21,32H2,(H,33,35,39). The minimum absolute atomic E-state index is 0.202. The quantitative estimate of drug-likeness (QED) is 0.330. The number of carbonyl (C=O) groups is 1. The molecule has 0 saturated carbocycles. The minimum Gasteiger partial charge on any atom is -0.370 e. The number of likely N-dealkylation sites (tertiary alicyclic amines) is 1. The number of nitrogens with two attached hydrogens (primary N) is 1. The number of nitrogens with one attached hydrogen (secondary N) is 2. The van der Waals surface area contributed by atoms with E-state index in [1.165, 1.54) is 5.56 Å². The highest BCUT2D eigenvalue weighted by Gasteiger charge is 2.30. The lowest BCUT2D eigenvalue weighted by Gasteiger charge is -2.33. The number of anilines is 1. The van der Waals surface area contributed by atoms with Gasteiger partial charge in [0.1, 0.15) is 17.8 Å². The van der Waals surface area contributed by atoms with Crippen LogP contribution in [0.5, 0.6) is 0 Å². The van der Waals surface area contributed by atoms with E-state index < -0.39 is 0 Å². The van der Waals surface area contributed by atoms with Gasteiger partial charge in [0, 0.05) is 48.7 Å². The number of amides is 1. The Balaban J connectivity index is 1.23. The molecular weight excluding hydrogens is 486 g/mol. The molecule has 4 N–H and O–H groups in total. The van der Waals surface area contributed by atoms with E-state index in [1.54, 1.807) is 12.3 Å². The molecule has 39 heavy (non-hydrogen) atoms. The van der Waals surface area contributed by atoms with Crippen molar-refractivity contribution in [2.75, 3.05) is 25.0 Å². The smallest absolute Gasteiger partial charge is 0.256 e. The zero-order chi connectivity index (χ0) is 26.6. The fourth-order valence-electron chi connectivity index (χ4n) is 5.52. The third kappa shape index (κ3) is 5.48. The highest BCUT2D eigenvalue weighted by molar-refractivity contribution is 6.04. The van der Waals surface area contributed by atoms with Crippen molar-refractivity contribution >= 4 is 17.9 Å². The lowest BCUT2D eigenvalue weighted by Crippen LogP contribution is -2.37. The molecule has 0 spiro atoms. The second-order valence-electron chi connectivity index (χ2n) is 10.2. The summed E-state index contributed by atoms with van der Waals surface area (Å²) in [6.45, 7) is 3.13. The first-order valence-corrected chi connectivity index (χ1v) is 13.5. The van der Waals surface area contributed by atoms with Crippen LogP contribution in [-0.2, 0) is 6.42 Å². The fourth-order valence-corrected chi connectivity index (χ4v) is 5.52. The van der Waals surface area contributed by atoms with E-state index in [1.807, 2.05) is 48.8 Å². The van der Waals surface area contributed by atoms with Crippen LogP contribution in [0.25, 0.3) is 17.5 Å². The highest BCUT2D eigenvalue weighted by atomic mass is 16.1. The lowest BCUT2D eigenvalue weighted by atomic mass is 9.96. The summed E-state index contributed by atoms with van der Waals surface area (Å²) in [6.07, 6.45) is 8.50. The zero-order valence-electron chi connectivity index (χ0n) is 21.8. The molecule has 2 aliphatic rings. The molecular formula is C31H33N7O. The van der Waals surface area contributed by atoms with E-state index in [0.717, 1.165) is 61.7 Å².